The standard InChI is InChI=1S/C14H18F3N3O/c15-14(16,17)11-2-1-3-12(8-11)19-13(21)20-7-5-10(9-20)4-6-18/h1-3,8,10H,4-7,9,18H2,(H,19,21). The summed E-state index contributed by atoms with van der Waals surface area (Å²) in [7, 11) is 0. The Morgan fingerprint density at radius 1 is 1.43 bits per heavy atom. The lowest BCUT2D eigenvalue weighted by Gasteiger charge is -2.18. The van der Waals surface area contributed by atoms with E-state index in [-0.39, 0.29) is 11.7 Å². The van der Waals surface area contributed by atoms with E-state index < -0.39 is 11.7 Å². The predicted molar refractivity (Wildman–Crippen MR) is 73.8 cm³/mol. The second-order valence-corrected chi connectivity index (χ2v) is 5.19. The van der Waals surface area contributed by atoms with Gasteiger partial charge in [-0.3, -0.25) is 0 Å². The van der Waals surface area contributed by atoms with Crippen molar-refractivity contribution in [3.05, 3.63) is 29.8 Å². The lowest BCUT2D eigenvalue weighted by molar-refractivity contribution is -0.137. The number of alkyl halides is 3. The lowest BCUT2D eigenvalue weighted by Crippen LogP contribution is -2.33. The highest BCUT2D eigenvalue weighted by molar-refractivity contribution is 5.89. The van der Waals surface area contributed by atoms with Crippen LogP contribution in [0.5, 0.6) is 0 Å². The van der Waals surface area contributed by atoms with Gasteiger partial charge in [0, 0.05) is 18.8 Å². The minimum Gasteiger partial charge on any atom is -0.330 e. The monoisotopic (exact) mass is 301 g/mol. The molecule has 0 spiro atoms. The summed E-state index contributed by atoms with van der Waals surface area (Å²) in [6.45, 7) is 1.78. The Labute approximate surface area is 121 Å². The number of urea groups is 1. The number of benzene rings is 1. The molecule has 2 amide bonds. The molecule has 4 nitrogen and oxygen atoms in total. The van der Waals surface area contributed by atoms with Gasteiger partial charge in [-0.05, 0) is 43.5 Å². The van der Waals surface area contributed by atoms with Crippen molar-refractivity contribution in [3.63, 3.8) is 0 Å². The van der Waals surface area contributed by atoms with E-state index in [2.05, 4.69) is 5.32 Å². The molecule has 0 aliphatic carbocycles. The van der Waals surface area contributed by atoms with E-state index in [4.69, 9.17) is 5.73 Å². The fourth-order valence-corrected chi connectivity index (χ4v) is 2.46. The molecule has 0 saturated carbocycles. The van der Waals surface area contributed by atoms with Crippen LogP contribution in [0.15, 0.2) is 24.3 Å². The normalized spacial score (nSPS) is 18.9. The summed E-state index contributed by atoms with van der Waals surface area (Å²) >= 11 is 0. The molecule has 1 atom stereocenters. The van der Waals surface area contributed by atoms with Crippen molar-refractivity contribution in [2.24, 2.45) is 11.7 Å². The number of rotatable bonds is 3. The first-order valence-corrected chi connectivity index (χ1v) is 6.83. The fourth-order valence-electron chi connectivity index (χ4n) is 2.46. The predicted octanol–water partition coefficient (Wildman–Crippen LogP) is 2.91. The third-order valence-electron chi connectivity index (χ3n) is 3.59. The molecule has 1 heterocycles. The van der Waals surface area contributed by atoms with Crippen molar-refractivity contribution in [1.29, 1.82) is 0 Å². The van der Waals surface area contributed by atoms with Crippen LogP contribution in [-0.4, -0.2) is 30.6 Å². The molecule has 7 heteroatoms. The summed E-state index contributed by atoms with van der Waals surface area (Å²) in [6, 6.07) is 4.27. The van der Waals surface area contributed by atoms with Gasteiger partial charge >= 0.3 is 12.2 Å². The number of anilines is 1. The second kappa shape index (κ2) is 6.34. The Morgan fingerprint density at radius 3 is 2.86 bits per heavy atom. The van der Waals surface area contributed by atoms with Crippen molar-refractivity contribution < 1.29 is 18.0 Å². The first-order valence-electron chi connectivity index (χ1n) is 6.83. The highest BCUT2D eigenvalue weighted by Crippen LogP contribution is 2.30. The molecular weight excluding hydrogens is 283 g/mol. The molecule has 0 aromatic heterocycles. The van der Waals surface area contributed by atoms with Crippen molar-refractivity contribution >= 4 is 11.7 Å². The molecule has 0 radical (unpaired) electrons. The van der Waals surface area contributed by atoms with Gasteiger partial charge in [-0.15, -0.1) is 0 Å². The van der Waals surface area contributed by atoms with Gasteiger partial charge in [0.15, 0.2) is 0 Å². The zero-order valence-corrected chi connectivity index (χ0v) is 11.5. The van der Waals surface area contributed by atoms with Gasteiger partial charge in [0.25, 0.3) is 0 Å². The van der Waals surface area contributed by atoms with E-state index in [0.717, 1.165) is 25.0 Å². The minimum absolute atomic E-state index is 0.150. The summed E-state index contributed by atoms with van der Waals surface area (Å²) < 4.78 is 37.8. The van der Waals surface area contributed by atoms with E-state index in [9.17, 15) is 18.0 Å². The Bertz CT molecular complexity index is 504. The third kappa shape index (κ3) is 4.10. The van der Waals surface area contributed by atoms with Crippen molar-refractivity contribution in [3.8, 4) is 0 Å². The van der Waals surface area contributed by atoms with Crippen molar-refractivity contribution in [2.75, 3.05) is 25.0 Å². The number of carbonyl (C=O) groups is 1. The number of hydrogen-bond donors (Lipinski definition) is 2. The molecule has 1 aliphatic heterocycles. The van der Waals surface area contributed by atoms with Crippen LogP contribution in [0.3, 0.4) is 0 Å². The van der Waals surface area contributed by atoms with Gasteiger partial charge in [-0.2, -0.15) is 13.2 Å². The lowest BCUT2D eigenvalue weighted by atomic mass is 10.1. The maximum absolute atomic E-state index is 12.6. The molecule has 1 aromatic carbocycles. The average molecular weight is 301 g/mol. The molecule has 1 aliphatic rings. The second-order valence-electron chi connectivity index (χ2n) is 5.19. The minimum atomic E-state index is -4.42. The highest BCUT2D eigenvalue weighted by atomic mass is 19.4. The van der Waals surface area contributed by atoms with Gasteiger partial charge in [-0.25, -0.2) is 4.79 Å². The van der Waals surface area contributed by atoms with E-state index in [1.807, 2.05) is 0 Å². The van der Waals surface area contributed by atoms with Crippen LogP contribution >= 0.6 is 0 Å². The fraction of sp³-hybridized carbons (Fsp3) is 0.500. The van der Waals surface area contributed by atoms with E-state index in [1.165, 1.54) is 12.1 Å². The van der Waals surface area contributed by atoms with Crippen LogP contribution < -0.4 is 11.1 Å². The van der Waals surface area contributed by atoms with E-state index in [0.29, 0.717) is 25.6 Å². The Balaban J connectivity index is 1.97. The molecule has 1 fully saturated rings. The first-order chi connectivity index (χ1) is 9.90. The summed E-state index contributed by atoms with van der Waals surface area (Å²) in [6.07, 6.45) is -2.68. The Hall–Kier alpha value is -1.76. The van der Waals surface area contributed by atoms with Gasteiger partial charge < -0.3 is 16.0 Å². The molecule has 2 rings (SSSR count). The molecular formula is C14H18F3N3O. The topological polar surface area (TPSA) is 58.4 Å². The molecule has 3 N–H and O–H groups in total. The molecule has 1 unspecified atom stereocenters. The number of nitrogens with zero attached hydrogens (tertiary/aromatic N) is 1. The average Bonchev–Trinajstić information content (AvgIpc) is 2.87. The number of carbonyl (C=O) groups excluding carboxylic acids is 1. The third-order valence-corrected chi connectivity index (χ3v) is 3.59. The Morgan fingerprint density at radius 2 is 2.19 bits per heavy atom. The maximum Gasteiger partial charge on any atom is 0.416 e. The summed E-state index contributed by atoms with van der Waals surface area (Å²) in [5.41, 5.74) is 4.86. The summed E-state index contributed by atoms with van der Waals surface area (Å²) in [4.78, 5) is 13.6. The summed E-state index contributed by atoms with van der Waals surface area (Å²) in [5, 5.41) is 2.51. The van der Waals surface area contributed by atoms with Crippen molar-refractivity contribution in [1.82, 2.24) is 4.90 Å². The van der Waals surface area contributed by atoms with E-state index in [1.54, 1.807) is 4.90 Å². The summed E-state index contributed by atoms with van der Waals surface area (Å²) in [5.74, 6) is 0.377. The number of nitrogens with two attached hydrogens (primary N) is 1. The largest absolute Gasteiger partial charge is 0.416 e. The van der Waals surface area contributed by atoms with Crippen LogP contribution in [0, 0.1) is 5.92 Å². The number of hydrogen-bond acceptors (Lipinski definition) is 2. The highest BCUT2D eigenvalue weighted by Gasteiger charge is 2.31. The van der Waals surface area contributed by atoms with Gasteiger partial charge in [0.1, 0.15) is 0 Å². The van der Waals surface area contributed by atoms with Gasteiger partial charge in [-0.1, -0.05) is 6.07 Å². The Kier molecular flexibility index (Phi) is 4.72. The van der Waals surface area contributed by atoms with Gasteiger partial charge in [0.05, 0.1) is 5.56 Å². The maximum atomic E-state index is 12.6. The molecule has 1 aromatic rings. The van der Waals surface area contributed by atoms with Crippen molar-refractivity contribution in [2.45, 2.75) is 19.0 Å². The zero-order chi connectivity index (χ0) is 15.5. The first kappa shape index (κ1) is 15.6. The van der Waals surface area contributed by atoms with Crippen LogP contribution in [0.4, 0.5) is 23.7 Å². The molecule has 116 valence electrons. The van der Waals surface area contributed by atoms with Crippen LogP contribution in [0.2, 0.25) is 0 Å². The van der Waals surface area contributed by atoms with Gasteiger partial charge in [0.2, 0.25) is 0 Å². The van der Waals surface area contributed by atoms with Crippen LogP contribution in [0.25, 0.3) is 0 Å². The number of amides is 2. The number of nitrogens with one attached hydrogen (secondary N) is 1. The van der Waals surface area contributed by atoms with E-state index >= 15 is 0 Å². The zero-order valence-electron chi connectivity index (χ0n) is 11.5. The van der Waals surface area contributed by atoms with Crippen LogP contribution in [0.1, 0.15) is 18.4 Å². The number of halogens is 3. The molecule has 21 heavy (non-hydrogen) atoms. The molecule has 0 bridgehead atoms. The number of likely N-dealkylation sites (tertiary alicyclic amines) is 1. The quantitative estimate of drug-likeness (QED) is 0.902. The SMILES string of the molecule is NCCC1CCN(C(=O)Nc2cccc(C(F)(F)F)c2)C1. The smallest absolute Gasteiger partial charge is 0.330 e. The molecule has 1 saturated heterocycles. The van der Waals surface area contributed by atoms with Crippen LogP contribution in [-0.2, 0) is 6.18 Å².